The lowest BCUT2D eigenvalue weighted by molar-refractivity contribution is -0.143. The van der Waals surface area contributed by atoms with Gasteiger partial charge >= 0.3 is 11.9 Å². The Balaban J connectivity index is 2.01. The van der Waals surface area contributed by atoms with Crippen LogP contribution in [0.5, 0.6) is 0 Å². The van der Waals surface area contributed by atoms with Gasteiger partial charge in [-0.2, -0.15) is 0 Å². The Morgan fingerprint density at radius 1 is 1.09 bits per heavy atom. The second kappa shape index (κ2) is 7.87. The molecule has 124 valence electrons. The molecule has 0 aromatic heterocycles. The molecule has 2 rings (SSSR count). The number of benzene rings is 1. The smallest absolute Gasteiger partial charge is 0.306 e. The number of piperidine rings is 1. The van der Waals surface area contributed by atoms with Crippen molar-refractivity contribution in [1.82, 2.24) is 4.90 Å². The Bertz CT molecular complexity index is 564. The van der Waals surface area contributed by atoms with E-state index in [1.807, 2.05) is 4.90 Å². The van der Waals surface area contributed by atoms with Crippen LogP contribution in [0.4, 0.5) is 0 Å². The zero-order chi connectivity index (χ0) is 16.8. The Kier molecular flexibility index (Phi) is 5.87. The molecule has 1 heterocycles. The molecule has 0 aliphatic carbocycles. The lowest BCUT2D eigenvalue weighted by Gasteiger charge is -2.32. The number of ketones is 1. The third-order valence-corrected chi connectivity index (χ3v) is 4.27. The minimum atomic E-state index is -1.00. The van der Waals surface area contributed by atoms with Crippen molar-refractivity contribution in [3.63, 3.8) is 0 Å². The van der Waals surface area contributed by atoms with Gasteiger partial charge in [0.05, 0.1) is 12.3 Å². The Morgan fingerprint density at radius 2 is 1.70 bits per heavy atom. The summed E-state index contributed by atoms with van der Waals surface area (Å²) in [6.45, 7) is 1.51. The number of nitrogens with zero attached hydrogens (tertiary/aromatic N) is 1. The molecule has 0 bridgehead atoms. The van der Waals surface area contributed by atoms with Crippen LogP contribution in [0, 0.1) is 11.8 Å². The van der Waals surface area contributed by atoms with Crippen LogP contribution in [-0.2, 0) is 9.59 Å². The number of rotatable bonds is 7. The molecule has 0 saturated carbocycles. The largest absolute Gasteiger partial charge is 0.481 e. The average Bonchev–Trinajstić information content (AvgIpc) is 2.54. The summed E-state index contributed by atoms with van der Waals surface area (Å²) in [5, 5.41) is 18.1. The predicted octanol–water partition coefficient (Wildman–Crippen LogP) is 1.76. The van der Waals surface area contributed by atoms with Crippen LogP contribution in [0.15, 0.2) is 30.3 Å². The molecule has 1 aromatic rings. The molecule has 6 nitrogen and oxygen atoms in total. The van der Waals surface area contributed by atoms with Gasteiger partial charge < -0.3 is 15.1 Å². The Hall–Kier alpha value is -2.21. The van der Waals surface area contributed by atoms with Gasteiger partial charge in [0, 0.05) is 18.0 Å². The van der Waals surface area contributed by atoms with Gasteiger partial charge in [0.2, 0.25) is 0 Å². The molecular weight excluding hydrogens is 298 g/mol. The SMILES string of the molecule is O=C(O)CC(CN1CCC(C(=O)O)CC1)C(=O)c1ccccc1. The first-order valence-electron chi connectivity index (χ1n) is 7.73. The van der Waals surface area contributed by atoms with Gasteiger partial charge in [0.25, 0.3) is 0 Å². The number of hydrogen-bond acceptors (Lipinski definition) is 4. The minimum Gasteiger partial charge on any atom is -0.481 e. The van der Waals surface area contributed by atoms with E-state index in [0.29, 0.717) is 38.0 Å². The number of likely N-dealkylation sites (tertiary alicyclic amines) is 1. The number of carbonyl (C=O) groups excluding carboxylic acids is 1. The molecule has 0 spiro atoms. The van der Waals surface area contributed by atoms with Crippen molar-refractivity contribution in [1.29, 1.82) is 0 Å². The van der Waals surface area contributed by atoms with Gasteiger partial charge in [-0.1, -0.05) is 30.3 Å². The topological polar surface area (TPSA) is 94.9 Å². The van der Waals surface area contributed by atoms with Gasteiger partial charge in [0.1, 0.15) is 0 Å². The molecule has 1 aliphatic heterocycles. The van der Waals surface area contributed by atoms with Crippen LogP contribution in [-0.4, -0.2) is 52.5 Å². The monoisotopic (exact) mass is 319 g/mol. The van der Waals surface area contributed by atoms with E-state index in [1.165, 1.54) is 0 Å². The van der Waals surface area contributed by atoms with Gasteiger partial charge in [-0.05, 0) is 25.9 Å². The number of carboxylic acid groups (broad SMARTS) is 2. The third kappa shape index (κ3) is 4.89. The van der Waals surface area contributed by atoms with Crippen molar-refractivity contribution in [3.05, 3.63) is 35.9 Å². The van der Waals surface area contributed by atoms with Gasteiger partial charge in [-0.15, -0.1) is 0 Å². The summed E-state index contributed by atoms with van der Waals surface area (Å²) < 4.78 is 0. The maximum Gasteiger partial charge on any atom is 0.306 e. The van der Waals surface area contributed by atoms with Crippen LogP contribution in [0.2, 0.25) is 0 Å². The van der Waals surface area contributed by atoms with Crippen molar-refractivity contribution < 1.29 is 24.6 Å². The van der Waals surface area contributed by atoms with Crippen molar-refractivity contribution in [2.75, 3.05) is 19.6 Å². The zero-order valence-electron chi connectivity index (χ0n) is 12.9. The van der Waals surface area contributed by atoms with Gasteiger partial charge in [-0.3, -0.25) is 14.4 Å². The van der Waals surface area contributed by atoms with Crippen molar-refractivity contribution in [2.24, 2.45) is 11.8 Å². The third-order valence-electron chi connectivity index (χ3n) is 4.27. The quantitative estimate of drug-likeness (QED) is 0.744. The van der Waals surface area contributed by atoms with Crippen LogP contribution in [0.1, 0.15) is 29.6 Å². The Labute approximate surface area is 134 Å². The molecule has 1 unspecified atom stereocenters. The van der Waals surface area contributed by atoms with Crippen LogP contribution in [0.25, 0.3) is 0 Å². The highest BCUT2D eigenvalue weighted by molar-refractivity contribution is 5.99. The van der Waals surface area contributed by atoms with E-state index in [2.05, 4.69) is 0 Å². The highest BCUT2D eigenvalue weighted by atomic mass is 16.4. The molecule has 1 saturated heterocycles. The first-order chi connectivity index (χ1) is 11.0. The molecule has 1 fully saturated rings. The van der Waals surface area contributed by atoms with E-state index in [1.54, 1.807) is 30.3 Å². The molecule has 2 N–H and O–H groups in total. The average molecular weight is 319 g/mol. The second-order valence-electron chi connectivity index (χ2n) is 5.94. The molecular formula is C17H21NO5. The highest BCUT2D eigenvalue weighted by Crippen LogP contribution is 2.21. The fraction of sp³-hybridized carbons (Fsp3) is 0.471. The van der Waals surface area contributed by atoms with E-state index in [-0.39, 0.29) is 18.1 Å². The lowest BCUT2D eigenvalue weighted by Crippen LogP contribution is -2.41. The molecule has 23 heavy (non-hydrogen) atoms. The van der Waals surface area contributed by atoms with Crippen LogP contribution >= 0.6 is 0 Å². The normalized spacial score (nSPS) is 17.6. The molecule has 0 amide bonds. The summed E-state index contributed by atoms with van der Waals surface area (Å²) >= 11 is 0. The van der Waals surface area contributed by atoms with E-state index in [0.717, 1.165) is 0 Å². The summed E-state index contributed by atoms with van der Waals surface area (Å²) in [5.74, 6) is -2.91. The van der Waals surface area contributed by atoms with E-state index < -0.39 is 17.9 Å². The molecule has 6 heteroatoms. The molecule has 0 radical (unpaired) electrons. The second-order valence-corrected chi connectivity index (χ2v) is 5.94. The lowest BCUT2D eigenvalue weighted by atomic mass is 9.91. The number of hydrogen-bond donors (Lipinski definition) is 2. The predicted molar refractivity (Wildman–Crippen MR) is 83.3 cm³/mol. The standard InChI is InChI=1S/C17H21NO5/c19-15(20)10-14(16(21)12-4-2-1-3-5-12)11-18-8-6-13(7-9-18)17(22)23/h1-5,13-14H,6-11H2,(H,19,20)(H,22,23). The summed E-state index contributed by atoms with van der Waals surface area (Å²) in [6.07, 6.45) is 0.857. The first-order valence-corrected chi connectivity index (χ1v) is 7.73. The molecule has 1 aromatic carbocycles. The maximum absolute atomic E-state index is 12.5. The molecule has 1 aliphatic rings. The van der Waals surface area contributed by atoms with Gasteiger partial charge in [-0.25, -0.2) is 0 Å². The molecule has 1 atom stereocenters. The van der Waals surface area contributed by atoms with Crippen LogP contribution < -0.4 is 0 Å². The summed E-state index contributed by atoms with van der Waals surface area (Å²) in [5.41, 5.74) is 0.513. The van der Waals surface area contributed by atoms with Crippen LogP contribution in [0.3, 0.4) is 0 Å². The van der Waals surface area contributed by atoms with Crippen molar-refractivity contribution >= 4 is 17.7 Å². The fourth-order valence-corrected chi connectivity index (χ4v) is 2.96. The number of carboxylic acids is 2. The number of Topliss-reactive ketones (excluding diaryl/α,β-unsaturated/α-hetero) is 1. The number of aliphatic carboxylic acids is 2. The summed E-state index contributed by atoms with van der Waals surface area (Å²) in [7, 11) is 0. The van der Waals surface area contributed by atoms with Crippen molar-refractivity contribution in [2.45, 2.75) is 19.3 Å². The van der Waals surface area contributed by atoms with E-state index in [9.17, 15) is 14.4 Å². The summed E-state index contributed by atoms with van der Waals surface area (Å²) in [6, 6.07) is 8.69. The first kappa shape index (κ1) is 17.1. The highest BCUT2D eigenvalue weighted by Gasteiger charge is 2.29. The van der Waals surface area contributed by atoms with E-state index in [4.69, 9.17) is 10.2 Å². The van der Waals surface area contributed by atoms with E-state index >= 15 is 0 Å². The Morgan fingerprint density at radius 3 is 2.22 bits per heavy atom. The maximum atomic E-state index is 12.5. The summed E-state index contributed by atoms with van der Waals surface area (Å²) in [4.78, 5) is 36.6. The minimum absolute atomic E-state index is 0.173. The van der Waals surface area contributed by atoms with Crippen molar-refractivity contribution in [3.8, 4) is 0 Å². The zero-order valence-corrected chi connectivity index (χ0v) is 12.9. The fourth-order valence-electron chi connectivity index (χ4n) is 2.96. The van der Waals surface area contributed by atoms with Gasteiger partial charge in [0.15, 0.2) is 5.78 Å². The number of carbonyl (C=O) groups is 3.